The zero-order valence-electron chi connectivity index (χ0n) is 13.7. The lowest BCUT2D eigenvalue weighted by atomic mass is 9.93. The molecule has 27 heavy (non-hydrogen) atoms. The minimum atomic E-state index is -3.77. The number of rotatable bonds is 3. The lowest BCUT2D eigenvalue weighted by molar-refractivity contribution is 0.598. The van der Waals surface area contributed by atoms with Crippen LogP contribution in [0.5, 0.6) is 0 Å². The first-order valence-corrected chi connectivity index (χ1v) is 10.5. The van der Waals surface area contributed by atoms with Crippen LogP contribution in [0.15, 0.2) is 65.6 Å². The van der Waals surface area contributed by atoms with Crippen LogP contribution in [0.2, 0.25) is 5.15 Å². The van der Waals surface area contributed by atoms with Gasteiger partial charge in [-0.3, -0.25) is 0 Å². The van der Waals surface area contributed by atoms with Crippen molar-refractivity contribution in [1.82, 2.24) is 4.37 Å². The van der Waals surface area contributed by atoms with E-state index in [-0.39, 0.29) is 10.7 Å². The van der Waals surface area contributed by atoms with Gasteiger partial charge in [-0.2, -0.15) is 4.37 Å². The molecule has 0 saturated carbocycles. The Morgan fingerprint density at radius 1 is 0.926 bits per heavy atom. The summed E-state index contributed by atoms with van der Waals surface area (Å²) in [5.74, 6) is -0.325. The highest BCUT2D eigenvalue weighted by Gasteiger charge is 2.15. The van der Waals surface area contributed by atoms with Crippen molar-refractivity contribution in [2.45, 2.75) is 4.90 Å². The summed E-state index contributed by atoms with van der Waals surface area (Å²) in [6.07, 6.45) is 0. The Kier molecular flexibility index (Phi) is 4.47. The molecule has 0 bridgehead atoms. The number of hydrogen-bond donors (Lipinski definition) is 1. The summed E-state index contributed by atoms with van der Waals surface area (Å²) in [6.45, 7) is 0. The predicted molar refractivity (Wildman–Crippen MR) is 107 cm³/mol. The van der Waals surface area contributed by atoms with Crippen LogP contribution in [-0.4, -0.2) is 12.8 Å². The maximum Gasteiger partial charge on any atom is 0.238 e. The number of nitrogens with zero attached hydrogens (tertiary/aromatic N) is 1. The summed E-state index contributed by atoms with van der Waals surface area (Å²) in [4.78, 5) is 0.0384. The molecule has 8 heteroatoms. The van der Waals surface area contributed by atoms with Crippen LogP contribution in [0.4, 0.5) is 4.39 Å². The standard InChI is InChI=1S/C19H12ClFN2O2S2/c20-19-17-9-15(11-1-5-13(21)6-2-11)16(10-18(17)26-23-19)12-3-7-14(8-4-12)27(22,24)25/h1-10H,(H2,22,24,25). The maximum atomic E-state index is 13.4. The number of sulfonamides is 1. The summed E-state index contributed by atoms with van der Waals surface area (Å²) in [7, 11) is -3.77. The number of hydrogen-bond acceptors (Lipinski definition) is 4. The highest BCUT2D eigenvalue weighted by molar-refractivity contribution is 7.89. The summed E-state index contributed by atoms with van der Waals surface area (Å²) >= 11 is 7.46. The van der Waals surface area contributed by atoms with Gasteiger partial charge >= 0.3 is 0 Å². The molecule has 0 spiro atoms. The molecule has 4 aromatic rings. The largest absolute Gasteiger partial charge is 0.238 e. The van der Waals surface area contributed by atoms with Crippen molar-refractivity contribution in [3.05, 3.63) is 71.6 Å². The van der Waals surface area contributed by atoms with Crippen molar-refractivity contribution in [1.29, 1.82) is 0 Å². The molecule has 2 N–H and O–H groups in total. The number of halogens is 2. The van der Waals surface area contributed by atoms with Gasteiger partial charge in [-0.05, 0) is 70.2 Å². The van der Waals surface area contributed by atoms with Crippen molar-refractivity contribution >= 4 is 43.2 Å². The zero-order chi connectivity index (χ0) is 19.2. The van der Waals surface area contributed by atoms with Gasteiger partial charge in [0.15, 0.2) is 5.15 Å². The number of aromatic nitrogens is 1. The molecule has 0 saturated heterocycles. The second-order valence-corrected chi connectivity index (χ2v) is 8.67. The van der Waals surface area contributed by atoms with Gasteiger partial charge in [0.1, 0.15) is 5.82 Å². The second-order valence-electron chi connectivity index (χ2n) is 5.94. The number of nitrogens with two attached hydrogens (primary N) is 1. The lowest BCUT2D eigenvalue weighted by Crippen LogP contribution is -2.11. The monoisotopic (exact) mass is 418 g/mol. The van der Waals surface area contributed by atoms with E-state index >= 15 is 0 Å². The van der Waals surface area contributed by atoms with Crippen molar-refractivity contribution in [3.63, 3.8) is 0 Å². The van der Waals surface area contributed by atoms with Gasteiger partial charge in [0.05, 0.1) is 9.60 Å². The highest BCUT2D eigenvalue weighted by atomic mass is 35.5. The van der Waals surface area contributed by atoms with Crippen molar-refractivity contribution in [3.8, 4) is 22.3 Å². The van der Waals surface area contributed by atoms with E-state index in [9.17, 15) is 12.8 Å². The Morgan fingerprint density at radius 3 is 2.07 bits per heavy atom. The molecule has 0 aliphatic rings. The van der Waals surface area contributed by atoms with Gasteiger partial charge in [-0.15, -0.1) is 0 Å². The van der Waals surface area contributed by atoms with Crippen LogP contribution in [0, 0.1) is 5.82 Å². The van der Waals surface area contributed by atoms with Gasteiger partial charge in [-0.1, -0.05) is 35.9 Å². The molecule has 0 unspecified atom stereocenters. The predicted octanol–water partition coefficient (Wildman–Crippen LogP) is 5.07. The first kappa shape index (κ1) is 18.1. The van der Waals surface area contributed by atoms with E-state index in [1.807, 2.05) is 12.1 Å². The third kappa shape index (κ3) is 3.46. The summed E-state index contributed by atoms with van der Waals surface area (Å²) < 4.78 is 41.4. The van der Waals surface area contributed by atoms with E-state index in [2.05, 4.69) is 4.37 Å². The Hall–Kier alpha value is -2.32. The molecule has 4 nitrogen and oxygen atoms in total. The maximum absolute atomic E-state index is 13.4. The highest BCUT2D eigenvalue weighted by Crippen LogP contribution is 2.39. The fourth-order valence-electron chi connectivity index (χ4n) is 2.89. The molecule has 0 amide bonds. The first-order chi connectivity index (χ1) is 12.8. The molecule has 0 aliphatic carbocycles. The number of primary sulfonamides is 1. The van der Waals surface area contributed by atoms with Crippen LogP contribution in [0.3, 0.4) is 0 Å². The average molecular weight is 419 g/mol. The second kappa shape index (κ2) is 6.69. The third-order valence-electron chi connectivity index (χ3n) is 4.22. The van der Waals surface area contributed by atoms with E-state index < -0.39 is 10.0 Å². The van der Waals surface area contributed by atoms with Crippen LogP contribution >= 0.6 is 23.1 Å². The summed E-state index contributed by atoms with van der Waals surface area (Å²) in [6, 6.07) is 16.3. The molecule has 0 atom stereocenters. The van der Waals surface area contributed by atoms with Crippen molar-refractivity contribution in [2.75, 3.05) is 0 Å². The fourth-order valence-corrected chi connectivity index (χ4v) is 4.42. The molecule has 0 aliphatic heterocycles. The van der Waals surface area contributed by atoms with Gasteiger partial charge in [0, 0.05) is 5.39 Å². The summed E-state index contributed by atoms with van der Waals surface area (Å²) in [5, 5.41) is 6.40. The van der Waals surface area contributed by atoms with Crippen LogP contribution < -0.4 is 5.14 Å². The molecular weight excluding hydrogens is 407 g/mol. The first-order valence-electron chi connectivity index (χ1n) is 7.81. The fraction of sp³-hybridized carbons (Fsp3) is 0. The molecule has 0 fully saturated rings. The topological polar surface area (TPSA) is 73.1 Å². The molecule has 0 radical (unpaired) electrons. The van der Waals surface area contributed by atoms with Gasteiger partial charge < -0.3 is 0 Å². The Labute approximate surface area is 164 Å². The average Bonchev–Trinajstić information content (AvgIpc) is 3.01. The number of benzene rings is 3. The Balaban J connectivity index is 1.95. The lowest BCUT2D eigenvalue weighted by Gasteiger charge is -2.12. The smallest absolute Gasteiger partial charge is 0.225 e. The quantitative estimate of drug-likeness (QED) is 0.504. The van der Waals surface area contributed by atoms with Crippen molar-refractivity contribution in [2.24, 2.45) is 5.14 Å². The van der Waals surface area contributed by atoms with E-state index in [0.717, 1.165) is 32.3 Å². The van der Waals surface area contributed by atoms with E-state index in [1.165, 1.54) is 35.8 Å². The number of fused-ring (bicyclic) bond motifs is 1. The van der Waals surface area contributed by atoms with Crippen LogP contribution in [-0.2, 0) is 10.0 Å². The van der Waals surface area contributed by atoms with Gasteiger partial charge in [0.2, 0.25) is 10.0 Å². The molecule has 1 heterocycles. The van der Waals surface area contributed by atoms with E-state index in [4.69, 9.17) is 16.7 Å². The zero-order valence-corrected chi connectivity index (χ0v) is 16.1. The molecule has 4 rings (SSSR count). The minimum absolute atomic E-state index is 0.0384. The van der Waals surface area contributed by atoms with E-state index in [0.29, 0.717) is 5.15 Å². The molecule has 1 aromatic heterocycles. The minimum Gasteiger partial charge on any atom is -0.225 e. The molecular formula is C19H12ClFN2O2S2. The third-order valence-corrected chi connectivity index (χ3v) is 6.34. The van der Waals surface area contributed by atoms with Gasteiger partial charge in [-0.25, -0.2) is 17.9 Å². The molecule has 3 aromatic carbocycles. The Morgan fingerprint density at radius 2 is 1.48 bits per heavy atom. The summed E-state index contributed by atoms with van der Waals surface area (Å²) in [5.41, 5.74) is 3.31. The van der Waals surface area contributed by atoms with E-state index in [1.54, 1.807) is 24.3 Å². The molecule has 136 valence electrons. The van der Waals surface area contributed by atoms with Gasteiger partial charge in [0.25, 0.3) is 0 Å². The normalized spacial score (nSPS) is 11.8. The van der Waals surface area contributed by atoms with Crippen LogP contribution in [0.1, 0.15) is 0 Å². The Bertz CT molecular complexity index is 1250. The van der Waals surface area contributed by atoms with Crippen molar-refractivity contribution < 1.29 is 12.8 Å². The SMILES string of the molecule is NS(=O)(=O)c1ccc(-c2cc3snc(Cl)c3cc2-c2ccc(F)cc2)cc1. The van der Waals surface area contributed by atoms with Crippen LogP contribution in [0.25, 0.3) is 32.3 Å².